The molecule has 0 spiro atoms. The van der Waals surface area contributed by atoms with Crippen LogP contribution >= 0.6 is 11.8 Å². The quantitative estimate of drug-likeness (QED) is 0.279. The van der Waals surface area contributed by atoms with Crippen LogP contribution in [0, 0.1) is 13.8 Å². The summed E-state index contributed by atoms with van der Waals surface area (Å²) in [7, 11) is 0. The zero-order valence-corrected chi connectivity index (χ0v) is 17.1. The maximum Gasteiger partial charge on any atom is 0.336 e. The van der Waals surface area contributed by atoms with Crippen LogP contribution < -0.4 is 11.2 Å². The van der Waals surface area contributed by atoms with E-state index < -0.39 is 0 Å². The summed E-state index contributed by atoms with van der Waals surface area (Å²) >= 11 is 1.50. The Labute approximate surface area is 171 Å². The van der Waals surface area contributed by atoms with Crippen molar-refractivity contribution in [3.8, 4) is 0 Å². The molecular formula is C23H20N2O3S. The number of aromatic nitrogens is 2. The van der Waals surface area contributed by atoms with Crippen LogP contribution in [0.3, 0.4) is 0 Å². The van der Waals surface area contributed by atoms with Crippen LogP contribution in [-0.4, -0.2) is 9.55 Å². The molecule has 29 heavy (non-hydrogen) atoms. The molecule has 1 fully saturated rings. The van der Waals surface area contributed by atoms with Crippen LogP contribution in [0.25, 0.3) is 21.9 Å². The maximum absolute atomic E-state index is 13.0. The van der Waals surface area contributed by atoms with Crippen LogP contribution in [-0.2, 0) is 5.75 Å². The summed E-state index contributed by atoms with van der Waals surface area (Å²) in [6, 6.07) is 13.2. The van der Waals surface area contributed by atoms with Gasteiger partial charge in [0.1, 0.15) is 5.58 Å². The Morgan fingerprint density at radius 1 is 1.07 bits per heavy atom. The Bertz CT molecular complexity index is 1380. The van der Waals surface area contributed by atoms with E-state index in [0.29, 0.717) is 27.4 Å². The summed E-state index contributed by atoms with van der Waals surface area (Å²) in [4.78, 5) is 29.9. The molecule has 0 bridgehead atoms. The molecule has 5 nitrogen and oxygen atoms in total. The Hall–Kier alpha value is -2.86. The lowest BCUT2D eigenvalue weighted by Gasteiger charge is -2.13. The van der Waals surface area contributed by atoms with Crippen molar-refractivity contribution in [2.75, 3.05) is 0 Å². The molecule has 0 unspecified atom stereocenters. The van der Waals surface area contributed by atoms with Gasteiger partial charge >= 0.3 is 5.63 Å². The molecule has 1 saturated carbocycles. The van der Waals surface area contributed by atoms with Gasteiger partial charge in [0.25, 0.3) is 5.56 Å². The fourth-order valence-electron chi connectivity index (χ4n) is 3.63. The molecule has 0 N–H and O–H groups in total. The second-order valence-electron chi connectivity index (χ2n) is 7.63. The fourth-order valence-corrected chi connectivity index (χ4v) is 4.68. The van der Waals surface area contributed by atoms with Gasteiger partial charge in [-0.15, -0.1) is 0 Å². The number of hydrogen-bond donors (Lipinski definition) is 0. The van der Waals surface area contributed by atoms with Crippen LogP contribution in [0.1, 0.15) is 35.6 Å². The smallest absolute Gasteiger partial charge is 0.336 e. The third-order valence-corrected chi connectivity index (χ3v) is 6.49. The summed E-state index contributed by atoms with van der Waals surface area (Å²) in [5.41, 5.74) is 4.10. The third-order valence-electron chi connectivity index (χ3n) is 5.49. The molecule has 0 amide bonds. The van der Waals surface area contributed by atoms with Crippen LogP contribution in [0.15, 0.2) is 61.6 Å². The fraction of sp³-hybridized carbons (Fsp3) is 0.261. The van der Waals surface area contributed by atoms with Crippen molar-refractivity contribution in [1.29, 1.82) is 0 Å². The highest BCUT2D eigenvalue weighted by Crippen LogP contribution is 2.37. The molecule has 1 aliphatic carbocycles. The number of nitrogens with zero attached hydrogens (tertiary/aromatic N) is 2. The van der Waals surface area contributed by atoms with E-state index in [0.717, 1.165) is 34.9 Å². The number of aryl methyl sites for hydroxylation is 2. The zero-order valence-electron chi connectivity index (χ0n) is 16.3. The monoisotopic (exact) mass is 404 g/mol. The van der Waals surface area contributed by atoms with Crippen molar-refractivity contribution in [3.63, 3.8) is 0 Å². The summed E-state index contributed by atoms with van der Waals surface area (Å²) in [6.45, 7) is 4.05. The van der Waals surface area contributed by atoms with E-state index >= 15 is 0 Å². The van der Waals surface area contributed by atoms with Gasteiger partial charge < -0.3 is 4.42 Å². The van der Waals surface area contributed by atoms with Gasteiger partial charge in [0.05, 0.1) is 10.9 Å². The van der Waals surface area contributed by atoms with Gasteiger partial charge in [-0.2, -0.15) is 0 Å². The van der Waals surface area contributed by atoms with Gasteiger partial charge in [-0.3, -0.25) is 9.36 Å². The minimum Gasteiger partial charge on any atom is -0.423 e. The number of benzene rings is 2. The molecule has 1 aliphatic rings. The predicted molar refractivity (Wildman–Crippen MR) is 116 cm³/mol. The van der Waals surface area contributed by atoms with Gasteiger partial charge in [-0.05, 0) is 67.6 Å². The molecule has 146 valence electrons. The summed E-state index contributed by atoms with van der Waals surface area (Å²) in [6.07, 6.45) is 2.01. The Balaban J connectivity index is 1.59. The van der Waals surface area contributed by atoms with Crippen LogP contribution in [0.4, 0.5) is 0 Å². The second kappa shape index (κ2) is 6.88. The predicted octanol–water partition coefficient (Wildman–Crippen LogP) is 4.75. The van der Waals surface area contributed by atoms with Gasteiger partial charge in [-0.25, -0.2) is 9.78 Å². The lowest BCUT2D eigenvalue weighted by molar-refractivity contribution is 0.559. The molecule has 0 atom stereocenters. The normalized spacial score (nSPS) is 14.0. The number of rotatable bonds is 4. The minimum absolute atomic E-state index is 0.0181. The Morgan fingerprint density at radius 2 is 1.83 bits per heavy atom. The van der Waals surface area contributed by atoms with E-state index in [1.807, 2.05) is 48.7 Å². The molecule has 5 rings (SSSR count). The van der Waals surface area contributed by atoms with Gasteiger partial charge in [0.2, 0.25) is 0 Å². The van der Waals surface area contributed by atoms with E-state index in [-0.39, 0.29) is 17.2 Å². The summed E-state index contributed by atoms with van der Waals surface area (Å²) < 4.78 is 7.23. The molecule has 2 aromatic heterocycles. The molecule has 0 aliphatic heterocycles. The van der Waals surface area contributed by atoms with E-state index in [1.165, 1.54) is 11.8 Å². The van der Waals surface area contributed by atoms with Crippen molar-refractivity contribution in [2.45, 2.75) is 43.6 Å². The number of para-hydroxylation sites is 1. The largest absolute Gasteiger partial charge is 0.423 e. The second-order valence-corrected chi connectivity index (χ2v) is 8.57. The minimum atomic E-state index is -0.359. The standard InChI is InChI=1S/C23H20N2O3S/c1-13-9-18-15(11-21(26)28-20(18)10-14(13)2)12-29-23-24-19-6-4-3-5-17(19)22(27)25(23)16-7-8-16/h3-6,9-11,16H,7-8,12H2,1-2H3. The first-order chi connectivity index (χ1) is 14.0. The Morgan fingerprint density at radius 3 is 2.62 bits per heavy atom. The SMILES string of the molecule is Cc1cc2oc(=O)cc(CSc3nc4ccccc4c(=O)n3C3CC3)c2cc1C. The topological polar surface area (TPSA) is 65.1 Å². The highest BCUT2D eigenvalue weighted by molar-refractivity contribution is 7.98. The van der Waals surface area contributed by atoms with Crippen molar-refractivity contribution in [2.24, 2.45) is 0 Å². The lowest BCUT2D eigenvalue weighted by Crippen LogP contribution is -2.22. The number of thioether (sulfide) groups is 1. The molecule has 0 radical (unpaired) electrons. The van der Waals surface area contributed by atoms with Gasteiger partial charge in [0, 0.05) is 23.2 Å². The highest BCUT2D eigenvalue weighted by Gasteiger charge is 2.28. The lowest BCUT2D eigenvalue weighted by atomic mass is 10.0. The van der Waals surface area contributed by atoms with Crippen molar-refractivity contribution in [1.82, 2.24) is 9.55 Å². The van der Waals surface area contributed by atoms with Gasteiger partial charge in [0.15, 0.2) is 5.16 Å². The number of hydrogen-bond acceptors (Lipinski definition) is 5. The average molecular weight is 404 g/mol. The first kappa shape index (κ1) is 18.2. The van der Waals surface area contributed by atoms with Crippen LogP contribution in [0.2, 0.25) is 0 Å². The van der Waals surface area contributed by atoms with Gasteiger partial charge in [-0.1, -0.05) is 23.9 Å². The molecular weight excluding hydrogens is 384 g/mol. The molecule has 0 saturated heterocycles. The van der Waals surface area contributed by atoms with Crippen LogP contribution in [0.5, 0.6) is 0 Å². The zero-order chi connectivity index (χ0) is 20.1. The first-order valence-corrected chi connectivity index (χ1v) is 10.7. The summed E-state index contributed by atoms with van der Waals surface area (Å²) in [5.74, 6) is 0.544. The number of fused-ring (bicyclic) bond motifs is 2. The van der Waals surface area contributed by atoms with E-state index in [2.05, 4.69) is 6.07 Å². The molecule has 2 aromatic carbocycles. The third kappa shape index (κ3) is 3.27. The molecule has 2 heterocycles. The van der Waals surface area contributed by atoms with Crippen molar-refractivity contribution in [3.05, 3.63) is 79.9 Å². The average Bonchev–Trinajstić information content (AvgIpc) is 3.52. The molecule has 6 heteroatoms. The summed E-state index contributed by atoms with van der Waals surface area (Å²) in [5, 5.41) is 2.29. The van der Waals surface area contributed by atoms with E-state index in [4.69, 9.17) is 9.40 Å². The van der Waals surface area contributed by atoms with E-state index in [1.54, 1.807) is 6.07 Å². The Kier molecular flexibility index (Phi) is 4.32. The molecule has 4 aromatic rings. The maximum atomic E-state index is 13.0. The van der Waals surface area contributed by atoms with Crippen molar-refractivity contribution < 1.29 is 4.42 Å². The van der Waals surface area contributed by atoms with Crippen molar-refractivity contribution >= 4 is 33.6 Å². The first-order valence-electron chi connectivity index (χ1n) is 9.69. The van der Waals surface area contributed by atoms with E-state index in [9.17, 15) is 9.59 Å². The highest BCUT2D eigenvalue weighted by atomic mass is 32.2.